The van der Waals surface area contributed by atoms with Crippen molar-refractivity contribution in [2.45, 2.75) is 348 Å². The maximum absolute atomic E-state index is 12.9. The van der Waals surface area contributed by atoms with Crippen molar-refractivity contribution in [3.05, 3.63) is 109 Å². The molecule has 1 unspecified atom stereocenters. The minimum Gasteiger partial charge on any atom is -0.462 e. The lowest BCUT2D eigenvalue weighted by Crippen LogP contribution is -2.30. The average molecular weight is 1150 g/mol. The number of esters is 3. The molecule has 0 rings (SSSR count). The number of allylic oxidation sites excluding steroid dienone is 18. The zero-order valence-corrected chi connectivity index (χ0v) is 54.7. The lowest BCUT2D eigenvalue weighted by Gasteiger charge is -2.18. The van der Waals surface area contributed by atoms with Crippen molar-refractivity contribution in [1.29, 1.82) is 0 Å². The minimum absolute atomic E-state index is 0.100. The van der Waals surface area contributed by atoms with Crippen LogP contribution in [0.5, 0.6) is 0 Å². The Kier molecular flexibility index (Phi) is 67.2. The molecule has 0 heterocycles. The van der Waals surface area contributed by atoms with E-state index in [1.807, 2.05) is 0 Å². The summed E-state index contributed by atoms with van der Waals surface area (Å²) in [7, 11) is 0. The summed E-state index contributed by atoms with van der Waals surface area (Å²) in [6, 6.07) is 0. The SMILES string of the molecule is CC/C=C\C/C=C\C/C=C\C/C=C\C/C=C\CCCC(=O)OCC(COC(=O)CCCCCCCCCCCCCCCCCCCCCCCCCCCCCCC)OC(=O)CCCCCCCC/C=C\C/C=C\C/C=C\C/C=C\CC. The van der Waals surface area contributed by atoms with E-state index in [-0.39, 0.29) is 37.5 Å². The number of carbonyl (C=O) groups is 3. The van der Waals surface area contributed by atoms with Crippen LogP contribution in [-0.2, 0) is 28.6 Å². The molecule has 0 aliphatic heterocycles. The molecule has 1 atom stereocenters. The second-order valence-electron chi connectivity index (χ2n) is 23.4. The van der Waals surface area contributed by atoms with Crippen LogP contribution in [0.3, 0.4) is 0 Å². The van der Waals surface area contributed by atoms with Crippen molar-refractivity contribution in [3.8, 4) is 0 Å². The molecular weight excluding hydrogens is 1020 g/mol. The predicted molar refractivity (Wildman–Crippen MR) is 362 cm³/mol. The van der Waals surface area contributed by atoms with E-state index in [4.69, 9.17) is 14.2 Å². The van der Waals surface area contributed by atoms with Gasteiger partial charge in [0, 0.05) is 19.3 Å². The average Bonchev–Trinajstić information content (AvgIpc) is 3.50. The summed E-state index contributed by atoms with van der Waals surface area (Å²) in [5.41, 5.74) is 0. The zero-order chi connectivity index (χ0) is 59.9. The van der Waals surface area contributed by atoms with Gasteiger partial charge in [0.05, 0.1) is 0 Å². The smallest absolute Gasteiger partial charge is 0.306 e. The highest BCUT2D eigenvalue weighted by atomic mass is 16.6. The van der Waals surface area contributed by atoms with Crippen molar-refractivity contribution in [2.24, 2.45) is 0 Å². The standard InChI is InChI=1S/C77H132O6/c1-4-7-10-13-16-19-22-25-28-31-33-34-35-36-37-38-39-40-41-42-44-46-49-52-55-58-61-64-67-70-76(79)82-73-74(72-81-75(78)69-66-63-60-57-54-51-48-45-30-27-24-21-18-15-12-9-6-3)83-77(80)71-68-65-62-59-56-53-50-47-43-32-29-26-23-20-17-14-11-8-5-2/h8-9,11-12,17-18,20-21,26-27,29-30,43,47-48,51,57,60,74H,4-7,10,13-16,19,22-25,28,31-42,44-46,49-50,52-56,58-59,61-73H2,1-3H3/b11-8-,12-9-,20-17-,21-18-,29-26-,30-27-,47-43-,51-48-,60-57-. The fourth-order valence-corrected chi connectivity index (χ4v) is 10.1. The fourth-order valence-electron chi connectivity index (χ4n) is 10.1. The van der Waals surface area contributed by atoms with E-state index in [2.05, 4.69) is 130 Å². The van der Waals surface area contributed by atoms with Crippen LogP contribution in [0, 0.1) is 0 Å². The number of rotatable bonds is 64. The van der Waals surface area contributed by atoms with Crippen molar-refractivity contribution in [1.82, 2.24) is 0 Å². The molecule has 0 saturated heterocycles. The van der Waals surface area contributed by atoms with Gasteiger partial charge in [-0.25, -0.2) is 0 Å². The van der Waals surface area contributed by atoms with E-state index in [0.29, 0.717) is 19.3 Å². The molecule has 0 amide bonds. The van der Waals surface area contributed by atoms with E-state index in [1.54, 1.807) is 0 Å². The molecule has 6 heteroatoms. The molecule has 83 heavy (non-hydrogen) atoms. The number of hydrogen-bond donors (Lipinski definition) is 0. The van der Waals surface area contributed by atoms with E-state index in [0.717, 1.165) is 116 Å². The summed E-state index contributed by atoms with van der Waals surface area (Å²) in [5.74, 6) is -0.963. The molecule has 476 valence electrons. The first kappa shape index (κ1) is 79.1. The Bertz CT molecular complexity index is 1660. The van der Waals surface area contributed by atoms with E-state index < -0.39 is 6.10 Å². The van der Waals surface area contributed by atoms with Gasteiger partial charge in [0.15, 0.2) is 6.10 Å². The Morgan fingerprint density at radius 2 is 0.482 bits per heavy atom. The molecule has 0 fully saturated rings. The Hall–Kier alpha value is -3.93. The number of hydrogen-bond acceptors (Lipinski definition) is 6. The van der Waals surface area contributed by atoms with Crippen LogP contribution >= 0.6 is 0 Å². The van der Waals surface area contributed by atoms with Gasteiger partial charge in [-0.3, -0.25) is 14.4 Å². The molecule has 6 nitrogen and oxygen atoms in total. The maximum atomic E-state index is 12.9. The van der Waals surface area contributed by atoms with Gasteiger partial charge in [0.2, 0.25) is 0 Å². The lowest BCUT2D eigenvalue weighted by atomic mass is 10.0. The predicted octanol–water partition coefficient (Wildman–Crippen LogP) is 24.6. The highest BCUT2D eigenvalue weighted by molar-refractivity contribution is 5.71. The van der Waals surface area contributed by atoms with Crippen molar-refractivity contribution in [2.75, 3.05) is 13.2 Å². The largest absolute Gasteiger partial charge is 0.462 e. The van der Waals surface area contributed by atoms with Crippen molar-refractivity contribution >= 4 is 17.9 Å². The summed E-state index contributed by atoms with van der Waals surface area (Å²) in [4.78, 5) is 38.4. The second kappa shape index (κ2) is 70.6. The van der Waals surface area contributed by atoms with E-state index >= 15 is 0 Å². The highest BCUT2D eigenvalue weighted by Gasteiger charge is 2.19. The Balaban J connectivity index is 4.33. The van der Waals surface area contributed by atoms with Crippen LogP contribution in [0.15, 0.2) is 109 Å². The highest BCUT2D eigenvalue weighted by Crippen LogP contribution is 2.18. The molecule has 0 N–H and O–H groups in total. The quantitative estimate of drug-likeness (QED) is 0.0261. The van der Waals surface area contributed by atoms with Gasteiger partial charge in [0.1, 0.15) is 13.2 Å². The first-order valence-electron chi connectivity index (χ1n) is 35.4. The number of ether oxygens (including phenoxy) is 3. The molecule has 0 aliphatic carbocycles. The van der Waals surface area contributed by atoms with E-state index in [1.165, 1.54) is 180 Å². The van der Waals surface area contributed by atoms with Crippen LogP contribution < -0.4 is 0 Å². The molecule has 0 aromatic carbocycles. The first-order valence-corrected chi connectivity index (χ1v) is 35.4. The van der Waals surface area contributed by atoms with Crippen LogP contribution in [0.4, 0.5) is 0 Å². The Labute approximate surface area is 514 Å². The van der Waals surface area contributed by atoms with Crippen LogP contribution in [0.2, 0.25) is 0 Å². The minimum atomic E-state index is -0.812. The molecular formula is C77H132O6. The molecule has 0 aromatic heterocycles. The zero-order valence-electron chi connectivity index (χ0n) is 54.7. The van der Waals surface area contributed by atoms with Gasteiger partial charge < -0.3 is 14.2 Å². The van der Waals surface area contributed by atoms with Gasteiger partial charge in [-0.1, -0.05) is 336 Å². The molecule has 0 radical (unpaired) electrons. The lowest BCUT2D eigenvalue weighted by molar-refractivity contribution is -0.167. The normalized spacial score (nSPS) is 12.8. The summed E-state index contributed by atoms with van der Waals surface area (Å²) >= 11 is 0. The Morgan fingerprint density at radius 3 is 0.783 bits per heavy atom. The first-order chi connectivity index (χ1) is 41.0. The van der Waals surface area contributed by atoms with Crippen molar-refractivity contribution < 1.29 is 28.6 Å². The summed E-state index contributed by atoms with van der Waals surface area (Å²) < 4.78 is 16.9. The number of unbranched alkanes of at least 4 members (excludes halogenated alkanes) is 35. The monoisotopic (exact) mass is 1150 g/mol. The number of carbonyl (C=O) groups excluding carboxylic acids is 3. The van der Waals surface area contributed by atoms with Gasteiger partial charge in [-0.2, -0.15) is 0 Å². The van der Waals surface area contributed by atoms with Gasteiger partial charge >= 0.3 is 17.9 Å². The third kappa shape index (κ3) is 68.7. The van der Waals surface area contributed by atoms with Gasteiger partial charge in [0.25, 0.3) is 0 Å². The van der Waals surface area contributed by atoms with Gasteiger partial charge in [-0.15, -0.1) is 0 Å². The molecule has 0 saturated carbocycles. The van der Waals surface area contributed by atoms with Crippen LogP contribution in [-0.4, -0.2) is 37.2 Å². The third-order valence-electron chi connectivity index (χ3n) is 15.3. The van der Waals surface area contributed by atoms with Gasteiger partial charge in [-0.05, 0) is 96.3 Å². The maximum Gasteiger partial charge on any atom is 0.306 e. The topological polar surface area (TPSA) is 78.9 Å². The van der Waals surface area contributed by atoms with E-state index in [9.17, 15) is 14.4 Å². The Morgan fingerprint density at radius 1 is 0.253 bits per heavy atom. The van der Waals surface area contributed by atoms with Crippen LogP contribution in [0.25, 0.3) is 0 Å². The third-order valence-corrected chi connectivity index (χ3v) is 15.3. The molecule has 0 aliphatic rings. The summed E-state index contributed by atoms with van der Waals surface area (Å²) in [6.45, 7) is 6.40. The second-order valence-corrected chi connectivity index (χ2v) is 23.4. The molecule has 0 spiro atoms. The van der Waals surface area contributed by atoms with Crippen LogP contribution in [0.1, 0.15) is 342 Å². The molecule has 0 bridgehead atoms. The fraction of sp³-hybridized carbons (Fsp3) is 0.727. The van der Waals surface area contributed by atoms with Crippen molar-refractivity contribution in [3.63, 3.8) is 0 Å². The summed E-state index contributed by atoms with van der Waals surface area (Å²) in [5, 5.41) is 0. The summed E-state index contributed by atoms with van der Waals surface area (Å²) in [6.07, 6.45) is 97.1. The molecule has 0 aromatic rings.